The molecule has 1 amide bonds. The average Bonchev–Trinajstić information content (AvgIpc) is 2.92. The number of ether oxygens (including phenoxy) is 2. The Morgan fingerprint density at radius 1 is 1.29 bits per heavy atom. The molecule has 1 aromatic heterocycles. The molecule has 1 aromatic carbocycles. The second-order valence-electron chi connectivity index (χ2n) is 7.25. The quantitative estimate of drug-likeness (QED) is 0.807. The van der Waals surface area contributed by atoms with E-state index in [9.17, 15) is 9.59 Å². The number of anilines is 1. The molecular formula is C18H20N2O4. The third kappa shape index (κ3) is 2.76. The Kier molecular flexibility index (Phi) is 3.46. The number of fused-ring (bicyclic) bond motifs is 3. The molecule has 2 aromatic rings. The number of nitrogens with zero attached hydrogens (tertiary/aromatic N) is 1. The molecule has 0 saturated carbocycles. The molecule has 0 bridgehead atoms. The highest BCUT2D eigenvalue weighted by Gasteiger charge is 2.37. The van der Waals surface area contributed by atoms with E-state index >= 15 is 0 Å². The summed E-state index contributed by atoms with van der Waals surface area (Å²) < 4.78 is 12.8. The number of hydrogen-bond donors (Lipinski definition) is 1. The minimum Gasteiger partial charge on any atom is -0.455 e. The number of aromatic nitrogens is 1. The smallest absolute Gasteiger partial charge is 0.412 e. The van der Waals surface area contributed by atoms with Crippen molar-refractivity contribution in [2.24, 2.45) is 0 Å². The summed E-state index contributed by atoms with van der Waals surface area (Å²) in [5.41, 5.74) is 0.992. The Morgan fingerprint density at radius 3 is 2.62 bits per heavy atom. The van der Waals surface area contributed by atoms with Gasteiger partial charge in [0.25, 0.3) is 0 Å². The number of amides is 1. The molecular weight excluding hydrogens is 308 g/mol. The van der Waals surface area contributed by atoms with E-state index in [1.807, 2.05) is 63.3 Å². The minimum atomic E-state index is -0.663. The predicted molar refractivity (Wildman–Crippen MR) is 91.3 cm³/mol. The molecule has 0 fully saturated rings. The Bertz CT molecular complexity index is 880. The summed E-state index contributed by atoms with van der Waals surface area (Å²) in [7, 11) is 0. The summed E-state index contributed by atoms with van der Waals surface area (Å²) in [6.45, 7) is 9.19. The molecule has 0 unspecified atom stereocenters. The fraction of sp³-hybridized carbons (Fsp3) is 0.389. The van der Waals surface area contributed by atoms with Crippen LogP contribution in [0.2, 0.25) is 0 Å². The van der Waals surface area contributed by atoms with Crippen LogP contribution < -0.4 is 5.32 Å². The number of hydrogen-bond acceptors (Lipinski definition) is 4. The van der Waals surface area contributed by atoms with E-state index < -0.39 is 17.4 Å². The zero-order valence-electron chi connectivity index (χ0n) is 14.4. The molecule has 126 valence electrons. The summed E-state index contributed by atoms with van der Waals surface area (Å²) in [5.74, 6) is 2.04. The third-order valence-corrected chi connectivity index (χ3v) is 3.66. The fourth-order valence-corrected chi connectivity index (χ4v) is 2.88. The van der Waals surface area contributed by atoms with Crippen molar-refractivity contribution in [1.29, 1.82) is 0 Å². The van der Waals surface area contributed by atoms with Crippen LogP contribution >= 0.6 is 0 Å². The van der Waals surface area contributed by atoms with Gasteiger partial charge in [-0.3, -0.25) is 9.88 Å². The Hall–Kier alpha value is -2.72. The van der Waals surface area contributed by atoms with Crippen molar-refractivity contribution >= 4 is 34.4 Å². The van der Waals surface area contributed by atoms with Gasteiger partial charge >= 0.3 is 6.09 Å². The molecule has 0 aliphatic carbocycles. The highest BCUT2D eigenvalue weighted by Crippen LogP contribution is 2.40. The largest absolute Gasteiger partial charge is 0.455 e. The molecule has 2 heterocycles. The summed E-state index contributed by atoms with van der Waals surface area (Å²) in [4.78, 5) is 23.0. The minimum absolute atomic E-state index is 0.192. The van der Waals surface area contributed by atoms with E-state index in [2.05, 4.69) is 5.32 Å². The third-order valence-electron chi connectivity index (χ3n) is 3.66. The van der Waals surface area contributed by atoms with Gasteiger partial charge in [0.15, 0.2) is 11.7 Å². The first kappa shape index (κ1) is 16.1. The molecule has 0 saturated heterocycles. The van der Waals surface area contributed by atoms with Crippen LogP contribution in [0.4, 0.5) is 10.5 Å². The van der Waals surface area contributed by atoms with Crippen molar-refractivity contribution < 1.29 is 19.1 Å². The van der Waals surface area contributed by atoms with Crippen LogP contribution in [0, 0.1) is 0 Å². The zero-order chi connectivity index (χ0) is 17.7. The lowest BCUT2D eigenvalue weighted by Crippen LogP contribution is -2.27. The molecule has 24 heavy (non-hydrogen) atoms. The van der Waals surface area contributed by atoms with Crippen LogP contribution in [-0.4, -0.2) is 22.2 Å². The summed E-state index contributed by atoms with van der Waals surface area (Å²) in [6.07, 6.45) is -0.509. The molecule has 0 spiro atoms. The SMILES string of the molecule is CC(C)(C)OC(=O)Nc1ccc2c(c1)cc1n2C(C)(C)OC1=C=O. The Balaban J connectivity index is 1.97. The van der Waals surface area contributed by atoms with Gasteiger partial charge in [0, 0.05) is 11.1 Å². The number of carbonyl (C=O) groups excluding carboxylic acids is 2. The number of rotatable bonds is 1. The van der Waals surface area contributed by atoms with Gasteiger partial charge in [-0.15, -0.1) is 0 Å². The number of carbonyl (C=O) groups is 1. The first-order valence-electron chi connectivity index (χ1n) is 7.71. The summed E-state index contributed by atoms with van der Waals surface area (Å²) in [6, 6.07) is 7.36. The molecule has 1 N–H and O–H groups in total. The van der Waals surface area contributed by atoms with E-state index in [1.165, 1.54) is 0 Å². The second-order valence-corrected chi connectivity index (χ2v) is 7.25. The van der Waals surface area contributed by atoms with E-state index in [-0.39, 0.29) is 5.76 Å². The first-order chi connectivity index (χ1) is 11.1. The first-order valence-corrected chi connectivity index (χ1v) is 7.71. The van der Waals surface area contributed by atoms with E-state index in [0.717, 1.165) is 10.9 Å². The molecule has 6 heteroatoms. The molecule has 0 radical (unpaired) electrons. The van der Waals surface area contributed by atoms with E-state index in [1.54, 1.807) is 6.07 Å². The van der Waals surface area contributed by atoms with Gasteiger partial charge in [-0.05, 0) is 58.9 Å². The van der Waals surface area contributed by atoms with Gasteiger partial charge < -0.3 is 9.47 Å². The Labute approximate surface area is 140 Å². The summed E-state index contributed by atoms with van der Waals surface area (Å²) >= 11 is 0. The lowest BCUT2D eigenvalue weighted by Gasteiger charge is -2.22. The highest BCUT2D eigenvalue weighted by molar-refractivity contribution is 5.95. The number of benzene rings is 1. The normalized spacial score (nSPS) is 15.6. The standard InChI is InChI=1S/C18H20N2O4/c1-17(2,3)24-16(22)19-12-6-7-13-11(8-12)9-14-15(10-21)23-18(4,5)20(13)14/h6-9H,1-5H3,(H,19,22). The molecule has 1 aliphatic heterocycles. The van der Waals surface area contributed by atoms with Gasteiger partial charge in [0.2, 0.25) is 5.76 Å². The van der Waals surface area contributed by atoms with Crippen LogP contribution in [0.25, 0.3) is 16.7 Å². The number of nitrogens with one attached hydrogen (secondary N) is 1. The van der Waals surface area contributed by atoms with Crippen molar-refractivity contribution in [1.82, 2.24) is 4.57 Å². The Morgan fingerprint density at radius 2 is 2.00 bits per heavy atom. The molecule has 1 aliphatic rings. The van der Waals surface area contributed by atoms with Crippen LogP contribution in [0.3, 0.4) is 0 Å². The second kappa shape index (κ2) is 5.14. The maximum Gasteiger partial charge on any atom is 0.412 e. The van der Waals surface area contributed by atoms with Gasteiger partial charge in [-0.1, -0.05) is 0 Å². The van der Waals surface area contributed by atoms with Crippen LogP contribution in [0.1, 0.15) is 40.3 Å². The predicted octanol–water partition coefficient (Wildman–Crippen LogP) is 3.88. The van der Waals surface area contributed by atoms with Crippen molar-refractivity contribution in [2.75, 3.05) is 5.32 Å². The molecule has 6 nitrogen and oxygen atoms in total. The fourth-order valence-electron chi connectivity index (χ4n) is 2.88. The van der Waals surface area contributed by atoms with Gasteiger partial charge in [-0.2, -0.15) is 0 Å². The average molecular weight is 328 g/mol. The maximum atomic E-state index is 11.9. The van der Waals surface area contributed by atoms with Crippen LogP contribution in [-0.2, 0) is 20.0 Å². The van der Waals surface area contributed by atoms with Crippen molar-refractivity contribution in [3.63, 3.8) is 0 Å². The van der Waals surface area contributed by atoms with Crippen molar-refractivity contribution in [2.45, 2.75) is 45.9 Å². The van der Waals surface area contributed by atoms with Gasteiger partial charge in [0.1, 0.15) is 5.60 Å². The lowest BCUT2D eigenvalue weighted by atomic mass is 10.2. The van der Waals surface area contributed by atoms with Crippen LogP contribution in [0.15, 0.2) is 24.3 Å². The maximum absolute atomic E-state index is 11.9. The summed E-state index contributed by atoms with van der Waals surface area (Å²) in [5, 5.41) is 3.61. The van der Waals surface area contributed by atoms with Gasteiger partial charge in [-0.25, -0.2) is 9.59 Å². The monoisotopic (exact) mass is 328 g/mol. The van der Waals surface area contributed by atoms with Crippen molar-refractivity contribution in [3.8, 4) is 0 Å². The topological polar surface area (TPSA) is 69.6 Å². The molecule has 3 rings (SSSR count). The van der Waals surface area contributed by atoms with E-state index in [0.29, 0.717) is 11.4 Å². The van der Waals surface area contributed by atoms with Crippen molar-refractivity contribution in [3.05, 3.63) is 30.0 Å². The lowest BCUT2D eigenvalue weighted by molar-refractivity contribution is 0.0330. The van der Waals surface area contributed by atoms with E-state index in [4.69, 9.17) is 9.47 Å². The molecule has 0 atom stereocenters. The van der Waals surface area contributed by atoms with Gasteiger partial charge in [0.05, 0.1) is 11.2 Å². The zero-order valence-corrected chi connectivity index (χ0v) is 14.4. The highest BCUT2D eigenvalue weighted by atomic mass is 16.6. The van der Waals surface area contributed by atoms with Crippen LogP contribution in [0.5, 0.6) is 0 Å².